The number of benzene rings is 1. The van der Waals surface area contributed by atoms with Gasteiger partial charge in [0.25, 0.3) is 0 Å². The van der Waals surface area contributed by atoms with Crippen LogP contribution in [0.3, 0.4) is 0 Å². The first-order valence-corrected chi connectivity index (χ1v) is 7.60. The Labute approximate surface area is 136 Å². The van der Waals surface area contributed by atoms with E-state index in [-0.39, 0.29) is 11.9 Å². The highest BCUT2D eigenvalue weighted by Gasteiger charge is 2.22. The predicted molar refractivity (Wildman–Crippen MR) is 88.4 cm³/mol. The first kappa shape index (κ1) is 17.0. The van der Waals surface area contributed by atoms with E-state index in [0.29, 0.717) is 24.5 Å². The molecule has 1 heterocycles. The summed E-state index contributed by atoms with van der Waals surface area (Å²) in [6.45, 7) is 4.45. The Morgan fingerprint density at radius 3 is 2.61 bits per heavy atom. The molecule has 0 fully saturated rings. The zero-order valence-electron chi connectivity index (χ0n) is 14.0. The summed E-state index contributed by atoms with van der Waals surface area (Å²) < 4.78 is 10.1. The van der Waals surface area contributed by atoms with Gasteiger partial charge in [-0.1, -0.05) is 24.2 Å². The number of carbonyl (C=O) groups excluding carboxylic acids is 1. The van der Waals surface area contributed by atoms with Gasteiger partial charge in [0.05, 0.1) is 13.2 Å². The third-order valence-corrected chi connectivity index (χ3v) is 3.69. The van der Waals surface area contributed by atoms with Crippen LogP contribution in [0.25, 0.3) is 0 Å². The van der Waals surface area contributed by atoms with Crippen molar-refractivity contribution in [1.82, 2.24) is 10.1 Å². The minimum Gasteiger partial charge on any atom is -0.497 e. The molecule has 1 aromatic heterocycles. The number of ether oxygens (including phenoxy) is 1. The highest BCUT2D eigenvalue weighted by atomic mass is 16.5. The van der Waals surface area contributed by atoms with Gasteiger partial charge in [0.1, 0.15) is 11.5 Å². The molecule has 6 nitrogen and oxygen atoms in total. The Hall–Kier alpha value is -2.34. The summed E-state index contributed by atoms with van der Waals surface area (Å²) in [5.41, 5.74) is 1.12. The maximum atomic E-state index is 12.4. The van der Waals surface area contributed by atoms with Gasteiger partial charge in [-0.25, -0.2) is 0 Å². The fourth-order valence-electron chi connectivity index (χ4n) is 2.46. The van der Waals surface area contributed by atoms with Gasteiger partial charge in [-0.2, -0.15) is 0 Å². The number of carbonyl (C=O) groups is 1. The topological polar surface area (TPSA) is 67.6 Å². The van der Waals surface area contributed by atoms with E-state index < -0.39 is 0 Å². The molecule has 0 aliphatic rings. The van der Waals surface area contributed by atoms with E-state index >= 15 is 0 Å². The molecule has 124 valence electrons. The number of rotatable bonds is 7. The smallest absolute Gasteiger partial charge is 0.242 e. The maximum absolute atomic E-state index is 12.4. The van der Waals surface area contributed by atoms with Crippen molar-refractivity contribution in [3.63, 3.8) is 0 Å². The zero-order valence-corrected chi connectivity index (χ0v) is 14.0. The summed E-state index contributed by atoms with van der Waals surface area (Å²) in [5, 5.41) is 6.59. The number of hydrogen-bond donors (Lipinski definition) is 1. The lowest BCUT2D eigenvalue weighted by Gasteiger charge is -2.25. The molecule has 2 aromatic rings. The number of aromatic nitrogens is 1. The molecule has 0 saturated heterocycles. The monoisotopic (exact) mass is 317 g/mol. The van der Waals surface area contributed by atoms with Crippen LogP contribution in [0.1, 0.15) is 24.7 Å². The molecule has 0 unspecified atom stereocenters. The summed E-state index contributed by atoms with van der Waals surface area (Å²) in [6.07, 6.45) is 0.704. The van der Waals surface area contributed by atoms with Crippen LogP contribution in [-0.4, -0.2) is 36.2 Å². The Balaban J connectivity index is 1.98. The number of amides is 1. The maximum Gasteiger partial charge on any atom is 0.242 e. The molecule has 6 heteroatoms. The van der Waals surface area contributed by atoms with Crippen molar-refractivity contribution in [1.29, 1.82) is 0 Å². The second-order valence-corrected chi connectivity index (χ2v) is 5.50. The lowest BCUT2D eigenvalue weighted by Crippen LogP contribution is -2.41. The molecular formula is C17H23N3O3. The van der Waals surface area contributed by atoms with Crippen molar-refractivity contribution in [2.45, 2.75) is 32.9 Å². The number of anilines is 1. The first-order chi connectivity index (χ1) is 11.0. The van der Waals surface area contributed by atoms with Crippen molar-refractivity contribution >= 4 is 11.7 Å². The largest absolute Gasteiger partial charge is 0.497 e. The molecule has 0 spiro atoms. The van der Waals surface area contributed by atoms with Crippen LogP contribution in [0.4, 0.5) is 5.82 Å². The number of methoxy groups -OCH3 is 1. The van der Waals surface area contributed by atoms with Crippen LogP contribution in [0.15, 0.2) is 34.9 Å². The Morgan fingerprint density at radius 1 is 1.39 bits per heavy atom. The highest BCUT2D eigenvalue weighted by molar-refractivity contribution is 5.93. The summed E-state index contributed by atoms with van der Waals surface area (Å²) in [7, 11) is 3.58. The average molecular weight is 317 g/mol. The quantitative estimate of drug-likeness (QED) is 0.850. The lowest BCUT2D eigenvalue weighted by molar-refractivity contribution is -0.121. The molecule has 0 aliphatic heterocycles. The second kappa shape index (κ2) is 7.78. The van der Waals surface area contributed by atoms with E-state index in [1.165, 1.54) is 0 Å². The Bertz CT molecular complexity index is 637. The fourth-order valence-corrected chi connectivity index (χ4v) is 2.46. The molecule has 0 bridgehead atoms. The number of aryl methyl sites for hydroxylation is 1. The Kier molecular flexibility index (Phi) is 5.76. The third kappa shape index (κ3) is 4.56. The lowest BCUT2D eigenvalue weighted by atomic mass is 10.1. The summed E-state index contributed by atoms with van der Waals surface area (Å²) in [6, 6.07) is 9.30. The molecule has 0 radical (unpaired) electrons. The van der Waals surface area contributed by atoms with Gasteiger partial charge in [-0.15, -0.1) is 0 Å². The number of nitrogens with zero attached hydrogens (tertiary/aromatic N) is 2. The summed E-state index contributed by atoms with van der Waals surface area (Å²) in [4.78, 5) is 14.4. The van der Waals surface area contributed by atoms with Crippen LogP contribution >= 0.6 is 0 Å². The van der Waals surface area contributed by atoms with Crippen LogP contribution in [0.2, 0.25) is 0 Å². The van der Waals surface area contributed by atoms with E-state index in [2.05, 4.69) is 10.5 Å². The van der Waals surface area contributed by atoms with E-state index in [1.807, 2.05) is 43.1 Å². The standard InChI is InChI=1S/C17H23N3O3/c1-5-15(17(21)18-16-10-12(2)23-19-16)20(3)11-13-6-8-14(22-4)9-7-13/h6-10,15H,5,11H2,1-4H3,(H,18,19,21)/t15-/m0/s1. The zero-order chi connectivity index (χ0) is 16.8. The van der Waals surface area contributed by atoms with Crippen LogP contribution in [0.5, 0.6) is 5.75 Å². The third-order valence-electron chi connectivity index (χ3n) is 3.69. The molecule has 0 aliphatic carbocycles. The predicted octanol–water partition coefficient (Wildman–Crippen LogP) is 2.84. The molecule has 1 aromatic carbocycles. The summed E-state index contributed by atoms with van der Waals surface area (Å²) in [5.74, 6) is 1.85. The summed E-state index contributed by atoms with van der Waals surface area (Å²) >= 11 is 0. The van der Waals surface area contributed by atoms with Gasteiger partial charge in [0.15, 0.2) is 5.82 Å². The molecular weight excluding hydrogens is 294 g/mol. The van der Waals surface area contributed by atoms with Gasteiger partial charge in [-0.05, 0) is 38.1 Å². The van der Waals surface area contributed by atoms with Gasteiger partial charge < -0.3 is 14.6 Å². The van der Waals surface area contributed by atoms with Gasteiger partial charge in [-0.3, -0.25) is 9.69 Å². The minimum atomic E-state index is -0.242. The fraction of sp³-hybridized carbons (Fsp3) is 0.412. The van der Waals surface area contributed by atoms with Crippen molar-refractivity contribution < 1.29 is 14.1 Å². The van der Waals surface area contributed by atoms with Gasteiger partial charge in [0, 0.05) is 12.6 Å². The SMILES string of the molecule is CC[C@@H](C(=O)Nc1cc(C)on1)N(C)Cc1ccc(OC)cc1. The van der Waals surface area contributed by atoms with Gasteiger partial charge in [0.2, 0.25) is 5.91 Å². The number of likely N-dealkylation sites (N-methyl/N-ethyl adjacent to an activating group) is 1. The number of nitrogens with one attached hydrogen (secondary N) is 1. The average Bonchev–Trinajstić information content (AvgIpc) is 2.93. The number of hydrogen-bond acceptors (Lipinski definition) is 5. The van der Waals surface area contributed by atoms with Crippen LogP contribution < -0.4 is 10.1 Å². The van der Waals surface area contributed by atoms with Crippen molar-refractivity contribution in [3.05, 3.63) is 41.7 Å². The minimum absolute atomic E-state index is 0.0863. The Morgan fingerprint density at radius 2 is 2.09 bits per heavy atom. The van der Waals surface area contributed by atoms with E-state index in [1.54, 1.807) is 20.1 Å². The van der Waals surface area contributed by atoms with Crippen LogP contribution in [0, 0.1) is 6.92 Å². The molecule has 1 amide bonds. The molecule has 1 atom stereocenters. The highest BCUT2D eigenvalue weighted by Crippen LogP contribution is 2.15. The molecule has 23 heavy (non-hydrogen) atoms. The van der Waals surface area contributed by atoms with Gasteiger partial charge >= 0.3 is 0 Å². The second-order valence-electron chi connectivity index (χ2n) is 5.50. The van der Waals surface area contributed by atoms with E-state index in [4.69, 9.17) is 9.26 Å². The van der Waals surface area contributed by atoms with Crippen molar-refractivity contribution in [2.24, 2.45) is 0 Å². The van der Waals surface area contributed by atoms with E-state index in [9.17, 15) is 4.79 Å². The van der Waals surface area contributed by atoms with E-state index in [0.717, 1.165) is 11.3 Å². The van der Waals surface area contributed by atoms with Crippen LogP contribution in [-0.2, 0) is 11.3 Å². The van der Waals surface area contributed by atoms with Crippen molar-refractivity contribution in [3.8, 4) is 5.75 Å². The van der Waals surface area contributed by atoms with Crippen molar-refractivity contribution in [2.75, 3.05) is 19.5 Å². The first-order valence-electron chi connectivity index (χ1n) is 7.60. The molecule has 0 saturated carbocycles. The molecule has 1 N–H and O–H groups in total. The normalized spacial score (nSPS) is 12.2. The molecule has 2 rings (SSSR count).